The molecule has 3 rings (SSSR count). The van der Waals surface area contributed by atoms with Gasteiger partial charge in [0.25, 0.3) is 0 Å². The molecule has 0 bridgehead atoms. The van der Waals surface area contributed by atoms with Crippen molar-refractivity contribution in [3.63, 3.8) is 0 Å². The van der Waals surface area contributed by atoms with Crippen LogP contribution in [0.4, 0.5) is 0 Å². The molecule has 0 radical (unpaired) electrons. The second-order valence-electron chi connectivity index (χ2n) is 3.52. The first kappa shape index (κ1) is 10.1. The lowest BCUT2D eigenvalue weighted by molar-refractivity contribution is 1.27. The van der Waals surface area contributed by atoms with Gasteiger partial charge in [-0.05, 0) is 24.3 Å². The van der Waals surface area contributed by atoms with Crippen molar-refractivity contribution in [1.29, 1.82) is 0 Å². The van der Waals surface area contributed by atoms with Crippen LogP contribution in [-0.4, -0.2) is 15.0 Å². The highest BCUT2D eigenvalue weighted by molar-refractivity contribution is 7.10. The van der Waals surface area contributed by atoms with Crippen LogP contribution in [0.5, 0.6) is 0 Å². The maximum absolute atomic E-state index is 4.51. The van der Waals surface area contributed by atoms with E-state index in [1.165, 1.54) is 0 Å². The summed E-state index contributed by atoms with van der Waals surface area (Å²) in [5.74, 6) is 0. The van der Waals surface area contributed by atoms with Crippen LogP contribution in [0.15, 0.2) is 42.2 Å². The Balaban J connectivity index is 1.96. The van der Waals surface area contributed by atoms with Crippen LogP contribution >= 0.6 is 11.3 Å². The molecule has 2 heterocycles. The summed E-state index contributed by atoms with van der Waals surface area (Å²) in [5, 5.41) is 0. The summed E-state index contributed by atoms with van der Waals surface area (Å²) in [6.45, 7) is 0. The molecule has 82 valence electrons. The van der Waals surface area contributed by atoms with E-state index in [1.54, 1.807) is 17.5 Å². The minimum atomic E-state index is 0.858. The second-order valence-corrected chi connectivity index (χ2v) is 4.44. The number of hydrogen-bond donors (Lipinski definition) is 0. The lowest BCUT2D eigenvalue weighted by atomic mass is 10.3. The molecule has 3 nitrogen and oxygen atoms in total. The van der Waals surface area contributed by atoms with E-state index < -0.39 is 0 Å². The van der Waals surface area contributed by atoms with Gasteiger partial charge in [-0.25, -0.2) is 4.98 Å². The van der Waals surface area contributed by atoms with E-state index in [-0.39, 0.29) is 0 Å². The Morgan fingerprint density at radius 3 is 2.71 bits per heavy atom. The highest BCUT2D eigenvalue weighted by Gasteiger charge is 1.96. The van der Waals surface area contributed by atoms with Crippen LogP contribution in [0.1, 0.15) is 10.6 Å². The molecule has 0 saturated heterocycles. The number of benzene rings is 1. The van der Waals surface area contributed by atoms with Gasteiger partial charge in [-0.1, -0.05) is 12.1 Å². The van der Waals surface area contributed by atoms with Gasteiger partial charge < -0.3 is 0 Å². The molecule has 2 aromatic heterocycles. The fourth-order valence-corrected chi connectivity index (χ4v) is 2.04. The molecule has 17 heavy (non-hydrogen) atoms. The zero-order valence-electron chi connectivity index (χ0n) is 8.95. The Morgan fingerprint density at radius 2 is 1.88 bits per heavy atom. The molecule has 3 aromatic rings. The van der Waals surface area contributed by atoms with Crippen molar-refractivity contribution in [1.82, 2.24) is 15.0 Å². The number of hydrogen-bond acceptors (Lipinski definition) is 4. The van der Waals surface area contributed by atoms with Crippen LogP contribution in [0.3, 0.4) is 0 Å². The van der Waals surface area contributed by atoms with Crippen LogP contribution < -0.4 is 0 Å². The predicted octanol–water partition coefficient (Wildman–Crippen LogP) is 3.26. The summed E-state index contributed by atoms with van der Waals surface area (Å²) < 4.78 is 0. The number of thiazole rings is 1. The Morgan fingerprint density at radius 1 is 1.00 bits per heavy atom. The molecule has 0 atom stereocenters. The normalized spacial score (nSPS) is 11.3. The van der Waals surface area contributed by atoms with Gasteiger partial charge in [0, 0.05) is 11.1 Å². The van der Waals surface area contributed by atoms with E-state index in [0.29, 0.717) is 0 Å². The Bertz CT molecular complexity index is 659. The Hall–Kier alpha value is -2.07. The summed E-state index contributed by atoms with van der Waals surface area (Å²) in [6.07, 6.45) is 7.55. The number of aromatic nitrogens is 3. The molecular formula is C13H9N3S. The van der Waals surface area contributed by atoms with Crippen LogP contribution in [-0.2, 0) is 0 Å². The van der Waals surface area contributed by atoms with Crippen molar-refractivity contribution >= 4 is 34.5 Å². The van der Waals surface area contributed by atoms with Gasteiger partial charge in [-0.15, -0.1) is 11.3 Å². The third kappa shape index (κ3) is 2.21. The van der Waals surface area contributed by atoms with E-state index in [9.17, 15) is 0 Å². The van der Waals surface area contributed by atoms with Gasteiger partial charge in [0.2, 0.25) is 0 Å². The lowest BCUT2D eigenvalue weighted by Gasteiger charge is -1.96. The molecule has 0 saturated carbocycles. The van der Waals surface area contributed by atoms with Crippen LogP contribution in [0.2, 0.25) is 0 Å². The van der Waals surface area contributed by atoms with Crippen molar-refractivity contribution < 1.29 is 0 Å². The summed E-state index contributed by atoms with van der Waals surface area (Å²) in [5.41, 5.74) is 4.50. The number of rotatable bonds is 2. The highest BCUT2D eigenvalue weighted by Crippen LogP contribution is 2.12. The fraction of sp³-hybridized carbons (Fsp3) is 0. The van der Waals surface area contributed by atoms with Gasteiger partial charge in [0.1, 0.15) is 0 Å². The first-order valence-corrected chi connectivity index (χ1v) is 6.08. The number of para-hydroxylation sites is 2. The van der Waals surface area contributed by atoms with Gasteiger partial charge in [-0.3, -0.25) is 9.97 Å². The third-order valence-electron chi connectivity index (χ3n) is 2.34. The molecule has 0 aliphatic heterocycles. The van der Waals surface area contributed by atoms with Gasteiger partial charge in [0.15, 0.2) is 0 Å². The van der Waals surface area contributed by atoms with E-state index in [4.69, 9.17) is 0 Å². The Kier molecular flexibility index (Phi) is 2.63. The van der Waals surface area contributed by atoms with Crippen molar-refractivity contribution in [2.24, 2.45) is 0 Å². The molecule has 0 N–H and O–H groups in total. The summed E-state index contributed by atoms with van der Waals surface area (Å²) in [6, 6.07) is 7.85. The van der Waals surface area contributed by atoms with E-state index >= 15 is 0 Å². The molecule has 0 aliphatic rings. The monoisotopic (exact) mass is 239 g/mol. The average Bonchev–Trinajstić information content (AvgIpc) is 2.89. The summed E-state index contributed by atoms with van der Waals surface area (Å²) in [7, 11) is 0. The van der Waals surface area contributed by atoms with Crippen LogP contribution in [0.25, 0.3) is 23.2 Å². The molecule has 1 aromatic carbocycles. The summed E-state index contributed by atoms with van der Waals surface area (Å²) >= 11 is 1.60. The minimum Gasteiger partial charge on any atom is -0.253 e. The zero-order valence-corrected chi connectivity index (χ0v) is 9.76. The molecule has 0 spiro atoms. The quantitative estimate of drug-likeness (QED) is 0.689. The smallest absolute Gasteiger partial charge is 0.0894 e. The molecule has 0 unspecified atom stereocenters. The van der Waals surface area contributed by atoms with Gasteiger partial charge in [-0.2, -0.15) is 0 Å². The second kappa shape index (κ2) is 4.43. The molecule has 0 aliphatic carbocycles. The highest BCUT2D eigenvalue weighted by atomic mass is 32.1. The van der Waals surface area contributed by atoms with Gasteiger partial charge >= 0.3 is 0 Å². The molecular weight excluding hydrogens is 230 g/mol. The first-order chi connectivity index (χ1) is 8.42. The fourth-order valence-electron chi connectivity index (χ4n) is 1.53. The molecule has 0 fully saturated rings. The van der Waals surface area contributed by atoms with Crippen molar-refractivity contribution in [2.75, 3.05) is 0 Å². The number of nitrogens with zero attached hydrogens (tertiary/aromatic N) is 3. The van der Waals surface area contributed by atoms with E-state index in [0.717, 1.165) is 21.6 Å². The maximum Gasteiger partial charge on any atom is 0.0894 e. The zero-order chi connectivity index (χ0) is 11.5. The SMILES string of the molecule is C(=Cc1cncs1)c1cnc2ccccc2n1. The van der Waals surface area contributed by atoms with Crippen molar-refractivity contribution in [3.8, 4) is 0 Å². The van der Waals surface area contributed by atoms with Crippen molar-refractivity contribution in [2.45, 2.75) is 0 Å². The lowest BCUT2D eigenvalue weighted by Crippen LogP contribution is -1.86. The molecule has 0 amide bonds. The predicted molar refractivity (Wildman–Crippen MR) is 70.6 cm³/mol. The number of fused-ring (bicyclic) bond motifs is 1. The average molecular weight is 239 g/mol. The third-order valence-corrected chi connectivity index (χ3v) is 3.08. The first-order valence-electron chi connectivity index (χ1n) is 5.20. The van der Waals surface area contributed by atoms with Crippen molar-refractivity contribution in [3.05, 3.63) is 52.7 Å². The topological polar surface area (TPSA) is 38.7 Å². The molecule has 4 heteroatoms. The maximum atomic E-state index is 4.51. The largest absolute Gasteiger partial charge is 0.253 e. The summed E-state index contributed by atoms with van der Waals surface area (Å²) in [4.78, 5) is 14.0. The minimum absolute atomic E-state index is 0.858. The standard InChI is InChI=1S/C13H9N3S/c1-2-4-13-12(3-1)15-7-10(16-13)5-6-11-8-14-9-17-11/h1-9H. The van der Waals surface area contributed by atoms with Gasteiger partial charge in [0.05, 0.1) is 28.4 Å². The van der Waals surface area contributed by atoms with E-state index in [1.807, 2.05) is 48.1 Å². The van der Waals surface area contributed by atoms with Crippen LogP contribution in [0, 0.1) is 0 Å². The Labute approximate surface area is 103 Å². The van der Waals surface area contributed by atoms with E-state index in [2.05, 4.69) is 15.0 Å².